The highest BCUT2D eigenvalue weighted by atomic mass is 19.3. The average Bonchev–Trinajstić information content (AvgIpc) is 2.08. The Morgan fingerprint density at radius 1 is 1.54 bits per heavy atom. The maximum absolute atomic E-state index is 12.5. The predicted octanol–water partition coefficient (Wildman–Crippen LogP) is 1.92. The number of methoxy groups -OCH3 is 1. The van der Waals surface area contributed by atoms with Crippen LogP contribution in [0.2, 0.25) is 0 Å². The lowest BCUT2D eigenvalue weighted by Gasteiger charge is -2.10. The molecule has 0 aromatic carbocycles. The fourth-order valence-corrected chi connectivity index (χ4v) is 1.03. The van der Waals surface area contributed by atoms with E-state index in [0.717, 1.165) is 0 Å². The standard InChI is InChI=1S/C8H10F2N2O/c1-4-5(11)3-12-8(13-2)6(4)7(9)10/h3,7H,11H2,1-2H3. The summed E-state index contributed by atoms with van der Waals surface area (Å²) in [5.41, 5.74) is 5.76. The second-order valence-electron chi connectivity index (χ2n) is 2.56. The highest BCUT2D eigenvalue weighted by Crippen LogP contribution is 2.32. The lowest BCUT2D eigenvalue weighted by atomic mass is 10.1. The van der Waals surface area contributed by atoms with Crippen molar-refractivity contribution >= 4 is 5.69 Å². The Bertz CT molecular complexity index is 315. The van der Waals surface area contributed by atoms with E-state index in [1.807, 2.05) is 0 Å². The molecule has 0 saturated heterocycles. The van der Waals surface area contributed by atoms with Gasteiger partial charge in [-0.1, -0.05) is 0 Å². The van der Waals surface area contributed by atoms with Gasteiger partial charge in [0.05, 0.1) is 24.6 Å². The first-order valence-corrected chi connectivity index (χ1v) is 3.65. The van der Waals surface area contributed by atoms with Gasteiger partial charge in [0.15, 0.2) is 0 Å². The Labute approximate surface area is 74.5 Å². The molecule has 1 heterocycles. The summed E-state index contributed by atoms with van der Waals surface area (Å²) in [7, 11) is 1.30. The molecule has 1 aromatic heterocycles. The van der Waals surface area contributed by atoms with E-state index in [4.69, 9.17) is 10.5 Å². The smallest absolute Gasteiger partial charge is 0.269 e. The summed E-state index contributed by atoms with van der Waals surface area (Å²) in [6.07, 6.45) is -1.31. The number of rotatable bonds is 2. The normalized spacial score (nSPS) is 10.5. The van der Waals surface area contributed by atoms with E-state index >= 15 is 0 Å². The first kappa shape index (κ1) is 9.70. The summed E-state index contributed by atoms with van der Waals surface area (Å²) in [6, 6.07) is 0. The Balaban J connectivity index is 3.32. The maximum Gasteiger partial charge on any atom is 0.269 e. The monoisotopic (exact) mass is 188 g/mol. The minimum Gasteiger partial charge on any atom is -0.481 e. The Hall–Kier alpha value is -1.39. The highest BCUT2D eigenvalue weighted by molar-refractivity contribution is 5.52. The fraction of sp³-hybridized carbons (Fsp3) is 0.375. The molecular formula is C8H10F2N2O. The summed E-state index contributed by atoms with van der Waals surface area (Å²) >= 11 is 0. The van der Waals surface area contributed by atoms with E-state index in [9.17, 15) is 8.78 Å². The van der Waals surface area contributed by atoms with Crippen molar-refractivity contribution in [3.63, 3.8) is 0 Å². The van der Waals surface area contributed by atoms with E-state index in [-0.39, 0.29) is 17.1 Å². The van der Waals surface area contributed by atoms with Crippen LogP contribution in [0.25, 0.3) is 0 Å². The lowest BCUT2D eigenvalue weighted by Crippen LogP contribution is -2.02. The predicted molar refractivity (Wildman–Crippen MR) is 44.9 cm³/mol. The third kappa shape index (κ3) is 1.68. The molecule has 0 unspecified atom stereocenters. The number of nitrogens with zero attached hydrogens (tertiary/aromatic N) is 1. The molecule has 0 aliphatic rings. The van der Waals surface area contributed by atoms with Gasteiger partial charge < -0.3 is 10.5 Å². The average molecular weight is 188 g/mol. The number of anilines is 1. The van der Waals surface area contributed by atoms with Gasteiger partial charge in [-0.3, -0.25) is 0 Å². The summed E-state index contributed by atoms with van der Waals surface area (Å²) in [5.74, 6) is -0.0679. The zero-order chi connectivity index (χ0) is 10.0. The van der Waals surface area contributed by atoms with Crippen molar-refractivity contribution in [3.8, 4) is 5.88 Å². The van der Waals surface area contributed by atoms with E-state index in [2.05, 4.69) is 4.98 Å². The minimum absolute atomic E-state index is 0.0679. The largest absolute Gasteiger partial charge is 0.481 e. The van der Waals surface area contributed by atoms with Crippen LogP contribution in [0, 0.1) is 6.92 Å². The van der Waals surface area contributed by atoms with Crippen LogP contribution in [0.3, 0.4) is 0 Å². The van der Waals surface area contributed by atoms with Gasteiger partial charge in [-0.05, 0) is 12.5 Å². The van der Waals surface area contributed by atoms with Crippen LogP contribution in [-0.2, 0) is 0 Å². The van der Waals surface area contributed by atoms with E-state index in [1.54, 1.807) is 0 Å². The third-order valence-electron chi connectivity index (χ3n) is 1.80. The molecule has 2 N–H and O–H groups in total. The van der Waals surface area contributed by atoms with Crippen LogP contribution in [0.5, 0.6) is 5.88 Å². The summed E-state index contributed by atoms with van der Waals surface area (Å²) in [4.78, 5) is 3.65. The molecule has 0 aliphatic carbocycles. The van der Waals surface area contributed by atoms with Crippen molar-refractivity contribution in [1.29, 1.82) is 0 Å². The molecule has 3 nitrogen and oxygen atoms in total. The van der Waals surface area contributed by atoms with Gasteiger partial charge in [0.1, 0.15) is 0 Å². The van der Waals surface area contributed by atoms with Gasteiger partial charge in [0, 0.05) is 0 Å². The Morgan fingerprint density at radius 3 is 2.62 bits per heavy atom. The van der Waals surface area contributed by atoms with E-state index in [1.165, 1.54) is 20.2 Å². The maximum atomic E-state index is 12.5. The van der Waals surface area contributed by atoms with Crippen molar-refractivity contribution in [2.24, 2.45) is 0 Å². The topological polar surface area (TPSA) is 48.1 Å². The van der Waals surface area contributed by atoms with Crippen LogP contribution >= 0.6 is 0 Å². The van der Waals surface area contributed by atoms with Crippen LogP contribution in [0.15, 0.2) is 6.20 Å². The molecule has 72 valence electrons. The molecule has 1 rings (SSSR count). The molecule has 5 heteroatoms. The van der Waals surface area contributed by atoms with Gasteiger partial charge >= 0.3 is 0 Å². The molecule has 0 amide bonds. The van der Waals surface area contributed by atoms with E-state index < -0.39 is 6.43 Å². The molecule has 0 saturated carbocycles. The summed E-state index contributed by atoms with van der Waals surface area (Å²) < 4.78 is 29.7. The van der Waals surface area contributed by atoms with E-state index in [0.29, 0.717) is 5.56 Å². The van der Waals surface area contributed by atoms with Crippen molar-refractivity contribution in [2.75, 3.05) is 12.8 Å². The van der Waals surface area contributed by atoms with Crippen molar-refractivity contribution in [2.45, 2.75) is 13.3 Å². The molecule has 0 spiro atoms. The molecule has 0 aliphatic heterocycles. The van der Waals surface area contributed by atoms with Crippen molar-refractivity contribution < 1.29 is 13.5 Å². The molecule has 0 fully saturated rings. The molecule has 13 heavy (non-hydrogen) atoms. The summed E-state index contributed by atoms with van der Waals surface area (Å²) in [6.45, 7) is 1.51. The number of hydrogen-bond acceptors (Lipinski definition) is 3. The van der Waals surface area contributed by atoms with Gasteiger partial charge in [0.25, 0.3) is 6.43 Å². The van der Waals surface area contributed by atoms with Crippen molar-refractivity contribution in [1.82, 2.24) is 4.98 Å². The number of nitrogens with two attached hydrogens (primary N) is 1. The lowest BCUT2D eigenvalue weighted by molar-refractivity contribution is 0.145. The number of halogens is 2. The molecule has 0 atom stereocenters. The number of pyridine rings is 1. The van der Waals surface area contributed by atoms with Crippen LogP contribution in [0.4, 0.5) is 14.5 Å². The molecule has 0 radical (unpaired) electrons. The number of nitrogen functional groups attached to an aromatic ring is 1. The highest BCUT2D eigenvalue weighted by Gasteiger charge is 2.19. The quantitative estimate of drug-likeness (QED) is 0.771. The molecular weight excluding hydrogens is 178 g/mol. The number of aromatic nitrogens is 1. The van der Waals surface area contributed by atoms with Crippen LogP contribution < -0.4 is 10.5 Å². The number of ether oxygens (including phenoxy) is 1. The van der Waals surface area contributed by atoms with Crippen molar-refractivity contribution in [3.05, 3.63) is 17.3 Å². The minimum atomic E-state index is -2.62. The van der Waals surface area contributed by atoms with Gasteiger partial charge in [-0.25, -0.2) is 13.8 Å². The number of alkyl halides is 2. The zero-order valence-corrected chi connectivity index (χ0v) is 7.34. The first-order chi connectivity index (χ1) is 6.07. The fourth-order valence-electron chi connectivity index (χ4n) is 1.03. The molecule has 0 bridgehead atoms. The zero-order valence-electron chi connectivity index (χ0n) is 7.34. The number of hydrogen-bond donors (Lipinski definition) is 1. The second-order valence-corrected chi connectivity index (χ2v) is 2.56. The van der Waals surface area contributed by atoms with Crippen LogP contribution in [0.1, 0.15) is 17.6 Å². The summed E-state index contributed by atoms with van der Waals surface area (Å²) in [5, 5.41) is 0. The second kappa shape index (κ2) is 3.55. The third-order valence-corrected chi connectivity index (χ3v) is 1.80. The van der Waals surface area contributed by atoms with Gasteiger partial charge in [0.2, 0.25) is 5.88 Å². The molecule has 1 aromatic rings. The Morgan fingerprint density at radius 2 is 2.15 bits per heavy atom. The van der Waals surface area contributed by atoms with Crippen LogP contribution in [-0.4, -0.2) is 12.1 Å². The van der Waals surface area contributed by atoms with Gasteiger partial charge in [-0.2, -0.15) is 0 Å². The Kier molecular flexibility index (Phi) is 2.65. The first-order valence-electron chi connectivity index (χ1n) is 3.65. The van der Waals surface area contributed by atoms with Gasteiger partial charge in [-0.15, -0.1) is 0 Å². The SMILES string of the molecule is COc1ncc(N)c(C)c1C(F)F.